The standard InChI is InChI=1S/C16H16N6O5S4/c1-2-21-15(18-19-20-21)29-5-7-4-28-13-10(12(24)22(13)11(7)14(25)26)17-9(23)3-8-6-30-16(27)31-8/h6,10,13H,2-5H2,1H3,(H,17,23)(H,25,26). The van der Waals surface area contributed by atoms with Gasteiger partial charge in [-0.25, -0.2) is 9.48 Å². The lowest BCUT2D eigenvalue weighted by atomic mass is 10.0. The number of fused-ring (bicyclic) bond motifs is 1. The highest BCUT2D eigenvalue weighted by Gasteiger charge is 2.54. The fourth-order valence-electron chi connectivity index (χ4n) is 3.17. The highest BCUT2D eigenvalue weighted by Crippen LogP contribution is 2.41. The number of rotatable bonds is 8. The minimum Gasteiger partial charge on any atom is -0.477 e. The SMILES string of the molecule is CCn1nnnc1SCC1=C(C(=O)O)N2C(=O)C(NC(=O)Cc3csc(=O)s3)C2SC1. The number of aryl methyl sites for hydroxylation is 1. The molecule has 2 aliphatic heterocycles. The van der Waals surface area contributed by atoms with Crippen LogP contribution < -0.4 is 9.37 Å². The number of nitrogens with one attached hydrogen (secondary N) is 1. The number of carboxylic acids is 1. The number of hydrogen-bond acceptors (Lipinski definition) is 11. The van der Waals surface area contributed by atoms with Gasteiger partial charge >= 0.3 is 5.97 Å². The number of tetrazole rings is 1. The fourth-order valence-corrected chi connectivity index (χ4v) is 7.32. The maximum atomic E-state index is 12.7. The summed E-state index contributed by atoms with van der Waals surface area (Å²) in [7, 11) is 0. The predicted octanol–water partition coefficient (Wildman–Crippen LogP) is 0.250. The van der Waals surface area contributed by atoms with E-state index in [9.17, 15) is 24.3 Å². The monoisotopic (exact) mass is 500 g/mol. The summed E-state index contributed by atoms with van der Waals surface area (Å²) in [5, 5.41) is 25.5. The van der Waals surface area contributed by atoms with Gasteiger partial charge in [0.15, 0.2) is 0 Å². The number of carboxylic acid groups (broad SMARTS) is 1. The van der Waals surface area contributed by atoms with Crippen LogP contribution in [0.3, 0.4) is 0 Å². The third kappa shape index (κ3) is 4.40. The first-order valence-electron chi connectivity index (χ1n) is 9.04. The minimum atomic E-state index is -1.18. The number of β-lactam (4-membered cyclic amide) rings is 1. The molecular formula is C16H16N6O5S4. The zero-order valence-electron chi connectivity index (χ0n) is 16.0. The molecule has 2 aromatic rings. The van der Waals surface area contributed by atoms with Crippen molar-refractivity contribution in [1.29, 1.82) is 0 Å². The van der Waals surface area contributed by atoms with Gasteiger partial charge in [-0.1, -0.05) is 34.4 Å². The van der Waals surface area contributed by atoms with Crippen molar-refractivity contribution in [3.8, 4) is 0 Å². The summed E-state index contributed by atoms with van der Waals surface area (Å²) in [5.74, 6) is -1.27. The second-order valence-electron chi connectivity index (χ2n) is 6.51. The second kappa shape index (κ2) is 9.10. The molecule has 1 fully saturated rings. The van der Waals surface area contributed by atoms with Gasteiger partial charge < -0.3 is 10.4 Å². The average molecular weight is 501 g/mol. The van der Waals surface area contributed by atoms with Crippen LogP contribution in [0.1, 0.15) is 11.8 Å². The maximum absolute atomic E-state index is 12.7. The number of nitrogens with zero attached hydrogens (tertiary/aromatic N) is 5. The van der Waals surface area contributed by atoms with E-state index < -0.39 is 23.3 Å². The summed E-state index contributed by atoms with van der Waals surface area (Å²) in [6, 6.07) is -0.788. The van der Waals surface area contributed by atoms with Crippen molar-refractivity contribution in [3.63, 3.8) is 0 Å². The Morgan fingerprint density at radius 1 is 1.39 bits per heavy atom. The van der Waals surface area contributed by atoms with Crippen molar-refractivity contribution in [1.82, 2.24) is 30.4 Å². The lowest BCUT2D eigenvalue weighted by molar-refractivity contribution is -0.150. The van der Waals surface area contributed by atoms with Crippen LogP contribution in [0.2, 0.25) is 0 Å². The van der Waals surface area contributed by atoms with Gasteiger partial charge in [0.25, 0.3) is 9.96 Å². The predicted molar refractivity (Wildman–Crippen MR) is 116 cm³/mol. The molecule has 0 spiro atoms. The smallest absolute Gasteiger partial charge is 0.352 e. The quantitative estimate of drug-likeness (QED) is 0.382. The topological polar surface area (TPSA) is 147 Å². The molecule has 2 N–H and O–H groups in total. The number of carbonyl (C=O) groups excluding carboxylic acids is 2. The van der Waals surface area contributed by atoms with E-state index in [4.69, 9.17) is 0 Å². The van der Waals surface area contributed by atoms with Gasteiger partial charge in [0.2, 0.25) is 11.1 Å². The fraction of sp³-hybridized carbons (Fsp3) is 0.438. The van der Waals surface area contributed by atoms with Crippen LogP contribution >= 0.6 is 46.2 Å². The molecule has 4 rings (SSSR count). The van der Waals surface area contributed by atoms with Crippen molar-refractivity contribution < 1.29 is 19.5 Å². The molecule has 0 aliphatic carbocycles. The Balaban J connectivity index is 1.44. The van der Waals surface area contributed by atoms with Gasteiger partial charge in [0.1, 0.15) is 17.1 Å². The van der Waals surface area contributed by atoms with Gasteiger partial charge in [-0.05, 0) is 22.9 Å². The van der Waals surface area contributed by atoms with Gasteiger partial charge in [-0.15, -0.1) is 16.9 Å². The van der Waals surface area contributed by atoms with E-state index >= 15 is 0 Å². The first-order valence-corrected chi connectivity index (χ1v) is 12.8. The van der Waals surface area contributed by atoms with Gasteiger partial charge in [-0.2, -0.15) is 0 Å². The van der Waals surface area contributed by atoms with Crippen molar-refractivity contribution in [2.75, 3.05) is 11.5 Å². The van der Waals surface area contributed by atoms with Crippen molar-refractivity contribution >= 4 is 64.0 Å². The van der Waals surface area contributed by atoms with Crippen LogP contribution in [0.4, 0.5) is 0 Å². The molecule has 2 atom stereocenters. The van der Waals surface area contributed by atoms with Gasteiger partial charge in [0, 0.05) is 28.3 Å². The van der Waals surface area contributed by atoms with E-state index in [1.165, 1.54) is 28.4 Å². The third-order valence-electron chi connectivity index (χ3n) is 4.58. The van der Waals surface area contributed by atoms with E-state index in [0.29, 0.717) is 33.7 Å². The molecule has 0 bridgehead atoms. The highest BCUT2D eigenvalue weighted by molar-refractivity contribution is 8.01. The van der Waals surface area contributed by atoms with E-state index in [1.807, 2.05) is 6.92 Å². The van der Waals surface area contributed by atoms with E-state index in [-0.39, 0.29) is 22.1 Å². The molecule has 15 heteroatoms. The largest absolute Gasteiger partial charge is 0.477 e. The molecule has 2 unspecified atom stereocenters. The summed E-state index contributed by atoms with van der Waals surface area (Å²) in [4.78, 5) is 50.0. The number of amides is 2. The van der Waals surface area contributed by atoms with E-state index in [2.05, 4.69) is 20.8 Å². The minimum absolute atomic E-state index is 0.0141. The summed E-state index contributed by atoms with van der Waals surface area (Å²) in [5.41, 5.74) is 0.559. The number of aliphatic carboxylic acids is 1. The van der Waals surface area contributed by atoms with E-state index in [1.54, 1.807) is 10.1 Å². The van der Waals surface area contributed by atoms with Crippen LogP contribution in [-0.2, 0) is 27.3 Å². The van der Waals surface area contributed by atoms with Crippen LogP contribution in [0.25, 0.3) is 0 Å². The highest BCUT2D eigenvalue weighted by atomic mass is 32.2. The zero-order chi connectivity index (χ0) is 22.1. The Kier molecular flexibility index (Phi) is 6.45. The van der Waals surface area contributed by atoms with Crippen LogP contribution in [0.5, 0.6) is 0 Å². The first kappa shape index (κ1) is 22.0. The Bertz CT molecular complexity index is 1120. The summed E-state index contributed by atoms with van der Waals surface area (Å²) in [6.45, 7) is 2.49. The normalized spacial score (nSPS) is 20.4. The number of carbonyl (C=O) groups is 3. The molecule has 0 saturated carbocycles. The van der Waals surface area contributed by atoms with Gasteiger partial charge in [0.05, 0.1) is 6.42 Å². The van der Waals surface area contributed by atoms with Gasteiger partial charge in [-0.3, -0.25) is 19.3 Å². The number of thioether (sulfide) groups is 2. The molecule has 11 nitrogen and oxygen atoms in total. The summed E-state index contributed by atoms with van der Waals surface area (Å²) < 4.78 is 1.51. The average Bonchev–Trinajstić information content (AvgIpc) is 3.37. The molecule has 164 valence electrons. The van der Waals surface area contributed by atoms with Crippen molar-refractivity contribution in [3.05, 3.63) is 30.4 Å². The maximum Gasteiger partial charge on any atom is 0.352 e. The molecule has 0 radical (unpaired) electrons. The summed E-state index contributed by atoms with van der Waals surface area (Å²) in [6.07, 6.45) is 0.0141. The van der Waals surface area contributed by atoms with Crippen LogP contribution in [0.15, 0.2) is 26.6 Å². The van der Waals surface area contributed by atoms with Crippen LogP contribution in [-0.4, -0.2) is 70.9 Å². The number of aromatic nitrogens is 4. The number of hydrogen-bond donors (Lipinski definition) is 2. The zero-order valence-corrected chi connectivity index (χ0v) is 19.3. The first-order chi connectivity index (χ1) is 14.9. The Hall–Kier alpha value is -2.23. The van der Waals surface area contributed by atoms with Crippen molar-refractivity contribution in [2.24, 2.45) is 0 Å². The van der Waals surface area contributed by atoms with Crippen molar-refractivity contribution in [2.45, 2.75) is 36.5 Å². The lowest BCUT2D eigenvalue weighted by Crippen LogP contribution is -2.70. The molecular weight excluding hydrogens is 484 g/mol. The molecule has 2 amide bonds. The molecule has 31 heavy (non-hydrogen) atoms. The molecule has 0 aromatic carbocycles. The Morgan fingerprint density at radius 3 is 2.87 bits per heavy atom. The summed E-state index contributed by atoms with van der Waals surface area (Å²) >= 11 is 4.75. The second-order valence-corrected chi connectivity index (χ2v) is 10.8. The van der Waals surface area contributed by atoms with Crippen LogP contribution in [0, 0.1) is 0 Å². The Labute approximate surface area is 191 Å². The van der Waals surface area contributed by atoms with E-state index in [0.717, 1.165) is 22.7 Å². The molecule has 2 aromatic heterocycles. The molecule has 1 saturated heterocycles. The Morgan fingerprint density at radius 2 is 2.19 bits per heavy atom. The molecule has 2 aliphatic rings. The molecule has 4 heterocycles. The lowest BCUT2D eigenvalue weighted by Gasteiger charge is -2.49. The third-order valence-corrected chi connectivity index (χ3v) is 8.93.